The molecule has 3 aromatic rings. The number of hydrogen-bond donors (Lipinski definition) is 1. The van der Waals surface area contributed by atoms with Gasteiger partial charge in [0.1, 0.15) is 18.2 Å². The molecule has 0 saturated carbocycles. The highest BCUT2D eigenvalue weighted by Gasteiger charge is 2.13. The zero-order valence-electron chi connectivity index (χ0n) is 15.3. The SMILES string of the molecule is Cc1nn(CCNC(=O)c2ccc(COc3ccc(F)cc3F)o2)c(C)c1Br. The Morgan fingerprint density at radius 1 is 1.29 bits per heavy atom. The van der Waals surface area contributed by atoms with Crippen LogP contribution in [-0.4, -0.2) is 22.2 Å². The maximum Gasteiger partial charge on any atom is 0.287 e. The normalized spacial score (nSPS) is 10.9. The van der Waals surface area contributed by atoms with Gasteiger partial charge in [0.25, 0.3) is 5.91 Å². The molecule has 0 fully saturated rings. The van der Waals surface area contributed by atoms with Gasteiger partial charge in [0, 0.05) is 18.3 Å². The van der Waals surface area contributed by atoms with Crippen molar-refractivity contribution in [3.05, 3.63) is 69.3 Å². The third-order valence-corrected chi connectivity index (χ3v) is 5.20. The second-order valence-electron chi connectivity index (χ2n) is 6.09. The fraction of sp³-hybridized carbons (Fsp3) is 0.263. The highest BCUT2D eigenvalue weighted by atomic mass is 79.9. The molecule has 0 spiro atoms. The molecule has 3 rings (SSSR count). The molecule has 28 heavy (non-hydrogen) atoms. The van der Waals surface area contributed by atoms with Crippen LogP contribution < -0.4 is 10.1 Å². The third-order valence-electron chi connectivity index (χ3n) is 4.05. The number of carbonyl (C=O) groups is 1. The minimum atomic E-state index is -0.805. The Bertz CT molecular complexity index is 1000. The van der Waals surface area contributed by atoms with E-state index in [1.54, 1.807) is 10.7 Å². The van der Waals surface area contributed by atoms with Crippen LogP contribution in [0.2, 0.25) is 0 Å². The van der Waals surface area contributed by atoms with Crippen LogP contribution in [0.4, 0.5) is 8.78 Å². The van der Waals surface area contributed by atoms with E-state index < -0.39 is 11.6 Å². The average molecular weight is 454 g/mol. The van der Waals surface area contributed by atoms with Crippen molar-refractivity contribution >= 4 is 21.8 Å². The Balaban J connectivity index is 1.51. The summed E-state index contributed by atoms with van der Waals surface area (Å²) < 4.78 is 39.9. The number of furan rings is 1. The summed E-state index contributed by atoms with van der Waals surface area (Å²) in [4.78, 5) is 12.2. The number of nitrogens with one attached hydrogen (secondary N) is 1. The van der Waals surface area contributed by atoms with Crippen LogP contribution in [0.3, 0.4) is 0 Å². The van der Waals surface area contributed by atoms with E-state index in [4.69, 9.17) is 9.15 Å². The lowest BCUT2D eigenvalue weighted by molar-refractivity contribution is 0.0920. The first-order valence-electron chi connectivity index (χ1n) is 8.49. The summed E-state index contributed by atoms with van der Waals surface area (Å²) in [5.41, 5.74) is 1.87. The standard InChI is InChI=1S/C19H18BrF2N3O3/c1-11-18(20)12(2)25(24-11)8-7-23-19(26)17-6-4-14(28-17)10-27-16-5-3-13(21)9-15(16)22/h3-6,9H,7-8,10H2,1-2H3,(H,23,26). The highest BCUT2D eigenvalue weighted by Crippen LogP contribution is 2.20. The zero-order chi connectivity index (χ0) is 20.3. The van der Waals surface area contributed by atoms with Gasteiger partial charge in [-0.1, -0.05) is 0 Å². The lowest BCUT2D eigenvalue weighted by atomic mass is 10.3. The number of amides is 1. The van der Waals surface area contributed by atoms with Crippen molar-refractivity contribution in [3.63, 3.8) is 0 Å². The molecule has 1 aromatic carbocycles. The van der Waals surface area contributed by atoms with E-state index in [1.165, 1.54) is 12.1 Å². The fourth-order valence-electron chi connectivity index (χ4n) is 2.57. The van der Waals surface area contributed by atoms with Crippen LogP contribution in [0, 0.1) is 25.5 Å². The molecule has 0 aliphatic rings. The van der Waals surface area contributed by atoms with Crippen LogP contribution in [-0.2, 0) is 13.2 Å². The molecule has 0 unspecified atom stereocenters. The predicted octanol–water partition coefficient (Wildman–Crippen LogP) is 4.14. The van der Waals surface area contributed by atoms with E-state index >= 15 is 0 Å². The van der Waals surface area contributed by atoms with Crippen LogP contribution in [0.15, 0.2) is 39.2 Å². The van der Waals surface area contributed by atoms with E-state index in [-0.39, 0.29) is 24.0 Å². The van der Waals surface area contributed by atoms with Crippen LogP contribution in [0.1, 0.15) is 27.7 Å². The van der Waals surface area contributed by atoms with Crippen LogP contribution in [0.5, 0.6) is 5.75 Å². The van der Waals surface area contributed by atoms with Gasteiger partial charge in [-0.2, -0.15) is 5.10 Å². The van der Waals surface area contributed by atoms with E-state index in [2.05, 4.69) is 26.3 Å². The third kappa shape index (κ3) is 4.59. The highest BCUT2D eigenvalue weighted by molar-refractivity contribution is 9.10. The van der Waals surface area contributed by atoms with Crippen molar-refractivity contribution in [2.45, 2.75) is 27.0 Å². The first-order valence-corrected chi connectivity index (χ1v) is 9.28. The first-order chi connectivity index (χ1) is 13.3. The number of rotatable bonds is 7. The summed E-state index contributed by atoms with van der Waals surface area (Å²) in [6, 6.07) is 6.10. The number of benzene rings is 1. The van der Waals surface area contributed by atoms with Gasteiger partial charge in [0.2, 0.25) is 0 Å². The van der Waals surface area contributed by atoms with Crippen molar-refractivity contribution in [3.8, 4) is 5.75 Å². The number of nitrogens with zero attached hydrogens (tertiary/aromatic N) is 2. The van der Waals surface area contributed by atoms with Gasteiger partial charge < -0.3 is 14.5 Å². The lowest BCUT2D eigenvalue weighted by Crippen LogP contribution is -2.27. The van der Waals surface area contributed by atoms with Gasteiger partial charge in [-0.15, -0.1) is 0 Å². The number of halogens is 3. The molecule has 2 heterocycles. The molecule has 0 radical (unpaired) electrons. The zero-order valence-corrected chi connectivity index (χ0v) is 16.8. The Labute approximate surface area is 168 Å². The smallest absolute Gasteiger partial charge is 0.287 e. The van der Waals surface area contributed by atoms with Gasteiger partial charge in [-0.25, -0.2) is 8.78 Å². The van der Waals surface area contributed by atoms with Crippen LogP contribution >= 0.6 is 15.9 Å². The maximum absolute atomic E-state index is 13.6. The van der Waals surface area contributed by atoms with Crippen molar-refractivity contribution in [1.82, 2.24) is 15.1 Å². The second-order valence-corrected chi connectivity index (χ2v) is 6.89. The second kappa shape index (κ2) is 8.55. The number of ether oxygens (including phenoxy) is 1. The molecule has 0 atom stereocenters. The maximum atomic E-state index is 13.6. The topological polar surface area (TPSA) is 69.3 Å². The van der Waals surface area contributed by atoms with Gasteiger partial charge >= 0.3 is 0 Å². The molecule has 148 valence electrons. The van der Waals surface area contributed by atoms with E-state index in [1.807, 2.05) is 13.8 Å². The molecule has 9 heteroatoms. The average Bonchev–Trinajstić information content (AvgIpc) is 3.22. The Morgan fingerprint density at radius 3 is 2.75 bits per heavy atom. The summed E-state index contributed by atoms with van der Waals surface area (Å²) in [7, 11) is 0. The largest absolute Gasteiger partial charge is 0.483 e. The molecule has 0 aliphatic carbocycles. The van der Waals surface area contributed by atoms with Gasteiger partial charge in [0.15, 0.2) is 17.3 Å². The van der Waals surface area contributed by atoms with Crippen molar-refractivity contribution in [2.24, 2.45) is 0 Å². The van der Waals surface area contributed by atoms with Gasteiger partial charge in [-0.05, 0) is 54.0 Å². The van der Waals surface area contributed by atoms with Crippen LogP contribution in [0.25, 0.3) is 0 Å². The van der Waals surface area contributed by atoms with Gasteiger partial charge in [-0.3, -0.25) is 9.48 Å². The monoisotopic (exact) mass is 453 g/mol. The molecule has 6 nitrogen and oxygen atoms in total. The summed E-state index contributed by atoms with van der Waals surface area (Å²) in [6.45, 7) is 4.64. The fourth-order valence-corrected chi connectivity index (χ4v) is 2.86. The minimum Gasteiger partial charge on any atom is -0.483 e. The molecule has 2 aromatic heterocycles. The number of aromatic nitrogens is 2. The summed E-state index contributed by atoms with van der Waals surface area (Å²) in [5, 5.41) is 7.13. The number of carbonyl (C=O) groups excluding carboxylic acids is 1. The quantitative estimate of drug-likeness (QED) is 0.583. The van der Waals surface area contributed by atoms with E-state index in [0.29, 0.717) is 18.8 Å². The molecular weight excluding hydrogens is 436 g/mol. The summed E-state index contributed by atoms with van der Waals surface area (Å²) in [6.07, 6.45) is 0. The molecule has 0 bridgehead atoms. The van der Waals surface area contributed by atoms with Crippen molar-refractivity contribution < 1.29 is 22.7 Å². The Hall–Kier alpha value is -2.68. The summed E-state index contributed by atoms with van der Waals surface area (Å²) in [5.74, 6) is -1.50. The molecule has 1 N–H and O–H groups in total. The molecular formula is C19H18BrF2N3O3. The lowest BCUT2D eigenvalue weighted by Gasteiger charge is -2.06. The predicted molar refractivity (Wildman–Crippen MR) is 101 cm³/mol. The molecule has 1 amide bonds. The van der Waals surface area contributed by atoms with E-state index in [0.717, 1.165) is 28.0 Å². The van der Waals surface area contributed by atoms with E-state index in [9.17, 15) is 13.6 Å². The van der Waals surface area contributed by atoms with Crippen molar-refractivity contribution in [2.75, 3.05) is 6.54 Å². The summed E-state index contributed by atoms with van der Waals surface area (Å²) >= 11 is 3.46. The van der Waals surface area contributed by atoms with Gasteiger partial charge in [0.05, 0.1) is 16.7 Å². The molecule has 0 aliphatic heterocycles. The molecule has 0 saturated heterocycles. The number of aryl methyl sites for hydroxylation is 1. The minimum absolute atomic E-state index is 0.0877. The van der Waals surface area contributed by atoms with Crippen molar-refractivity contribution in [1.29, 1.82) is 0 Å². The first kappa shape index (κ1) is 20.1. The number of hydrogen-bond acceptors (Lipinski definition) is 4. The Kier molecular flexibility index (Phi) is 6.13. The Morgan fingerprint density at radius 2 is 2.07 bits per heavy atom.